The van der Waals surface area contributed by atoms with Crippen molar-refractivity contribution >= 4 is 5.78 Å². The quantitative estimate of drug-likeness (QED) is 0.820. The van der Waals surface area contributed by atoms with Crippen LogP contribution in [0.2, 0.25) is 0 Å². The van der Waals surface area contributed by atoms with Crippen molar-refractivity contribution < 1.29 is 4.79 Å². The number of ketones is 1. The summed E-state index contributed by atoms with van der Waals surface area (Å²) in [6.07, 6.45) is 12.5. The predicted octanol–water partition coefficient (Wildman–Crippen LogP) is 3.30. The fraction of sp³-hybridized carbons (Fsp3) is 0.733. The Labute approximate surface area is 109 Å². The summed E-state index contributed by atoms with van der Waals surface area (Å²) in [6.45, 7) is 0. The number of hydrogen-bond donors (Lipinski definition) is 0. The van der Waals surface area contributed by atoms with Crippen LogP contribution in [-0.4, -0.2) is 15.6 Å². The Morgan fingerprint density at radius 2 is 2.00 bits per heavy atom. The molecule has 3 nitrogen and oxygen atoms in total. The van der Waals surface area contributed by atoms with Gasteiger partial charge in [0.05, 0.1) is 11.7 Å². The van der Waals surface area contributed by atoms with Gasteiger partial charge < -0.3 is 0 Å². The van der Waals surface area contributed by atoms with E-state index in [9.17, 15) is 4.79 Å². The minimum atomic E-state index is 0.250. The molecule has 2 saturated carbocycles. The number of rotatable bonds is 3. The lowest BCUT2D eigenvalue weighted by molar-refractivity contribution is -0.120. The van der Waals surface area contributed by atoms with Crippen LogP contribution in [0.15, 0.2) is 12.3 Å². The van der Waals surface area contributed by atoms with Gasteiger partial charge in [0, 0.05) is 25.0 Å². The van der Waals surface area contributed by atoms with E-state index in [0.717, 1.165) is 31.4 Å². The maximum absolute atomic E-state index is 11.7. The average molecular weight is 246 g/mol. The largest absolute Gasteiger partial charge is 0.299 e. The molecule has 1 heterocycles. The first-order valence-corrected chi connectivity index (χ1v) is 7.39. The molecule has 1 unspecified atom stereocenters. The van der Waals surface area contributed by atoms with Crippen molar-refractivity contribution in [2.75, 3.05) is 0 Å². The van der Waals surface area contributed by atoms with Crippen molar-refractivity contribution in [2.24, 2.45) is 5.92 Å². The number of carbonyl (C=O) groups is 1. The van der Waals surface area contributed by atoms with Crippen molar-refractivity contribution in [3.8, 4) is 0 Å². The molecule has 0 spiro atoms. The number of carbonyl (C=O) groups excluding carboxylic acids is 1. The molecular weight excluding hydrogens is 224 g/mol. The van der Waals surface area contributed by atoms with Gasteiger partial charge >= 0.3 is 0 Å². The van der Waals surface area contributed by atoms with Crippen molar-refractivity contribution in [3.63, 3.8) is 0 Å². The molecule has 1 aromatic rings. The van der Waals surface area contributed by atoms with Gasteiger partial charge in [-0.1, -0.05) is 19.3 Å². The standard InChI is InChI=1S/C15H22N2O/c18-15-8-4-5-12(15)11-13-9-10-17(16-13)14-6-2-1-3-7-14/h9-10,12,14H,1-8,11H2. The molecule has 0 radical (unpaired) electrons. The van der Waals surface area contributed by atoms with Crippen LogP contribution in [0.1, 0.15) is 63.1 Å². The molecule has 0 amide bonds. The summed E-state index contributed by atoms with van der Waals surface area (Å²) < 4.78 is 2.15. The van der Waals surface area contributed by atoms with Crippen LogP contribution in [0.3, 0.4) is 0 Å². The smallest absolute Gasteiger partial charge is 0.136 e. The minimum absolute atomic E-state index is 0.250. The third-order valence-corrected chi connectivity index (χ3v) is 4.50. The molecule has 0 aromatic carbocycles. The molecular formula is C15H22N2O. The molecule has 18 heavy (non-hydrogen) atoms. The summed E-state index contributed by atoms with van der Waals surface area (Å²) in [5, 5.41) is 4.70. The second kappa shape index (κ2) is 5.25. The van der Waals surface area contributed by atoms with E-state index in [0.29, 0.717) is 11.8 Å². The molecule has 0 saturated heterocycles. The number of aromatic nitrogens is 2. The third kappa shape index (κ3) is 2.50. The van der Waals surface area contributed by atoms with Gasteiger partial charge in [-0.25, -0.2) is 0 Å². The van der Waals surface area contributed by atoms with Crippen molar-refractivity contribution in [1.82, 2.24) is 9.78 Å². The molecule has 1 atom stereocenters. The van der Waals surface area contributed by atoms with Crippen LogP contribution in [0.5, 0.6) is 0 Å². The highest BCUT2D eigenvalue weighted by atomic mass is 16.1. The number of nitrogens with zero attached hydrogens (tertiary/aromatic N) is 2. The van der Waals surface area contributed by atoms with Crippen molar-refractivity contribution in [3.05, 3.63) is 18.0 Å². The molecule has 2 fully saturated rings. The van der Waals surface area contributed by atoms with Gasteiger partial charge in [-0.05, 0) is 31.7 Å². The van der Waals surface area contributed by atoms with Gasteiger partial charge in [0.1, 0.15) is 5.78 Å². The second-order valence-electron chi connectivity index (χ2n) is 5.84. The normalized spacial score (nSPS) is 25.8. The Morgan fingerprint density at radius 3 is 2.72 bits per heavy atom. The highest BCUT2D eigenvalue weighted by Crippen LogP contribution is 2.28. The first kappa shape index (κ1) is 11.9. The first-order valence-electron chi connectivity index (χ1n) is 7.39. The maximum Gasteiger partial charge on any atom is 0.136 e. The molecule has 2 aliphatic rings. The van der Waals surface area contributed by atoms with E-state index in [2.05, 4.69) is 16.9 Å². The van der Waals surface area contributed by atoms with E-state index in [1.54, 1.807) is 0 Å². The first-order chi connectivity index (χ1) is 8.83. The molecule has 0 aliphatic heterocycles. The van der Waals surface area contributed by atoms with E-state index in [4.69, 9.17) is 5.10 Å². The summed E-state index contributed by atoms with van der Waals surface area (Å²) in [4.78, 5) is 11.7. The predicted molar refractivity (Wildman–Crippen MR) is 70.4 cm³/mol. The summed E-state index contributed by atoms with van der Waals surface area (Å²) in [7, 11) is 0. The van der Waals surface area contributed by atoms with E-state index >= 15 is 0 Å². The zero-order valence-electron chi connectivity index (χ0n) is 11.0. The van der Waals surface area contributed by atoms with E-state index in [-0.39, 0.29) is 5.92 Å². The van der Waals surface area contributed by atoms with Crippen LogP contribution in [-0.2, 0) is 11.2 Å². The highest BCUT2D eigenvalue weighted by molar-refractivity contribution is 5.83. The zero-order valence-corrected chi connectivity index (χ0v) is 11.0. The fourth-order valence-corrected chi connectivity index (χ4v) is 3.39. The van der Waals surface area contributed by atoms with Gasteiger partial charge in [-0.3, -0.25) is 9.48 Å². The number of hydrogen-bond acceptors (Lipinski definition) is 2. The molecule has 3 rings (SSSR count). The van der Waals surface area contributed by atoms with Gasteiger partial charge in [0.15, 0.2) is 0 Å². The SMILES string of the molecule is O=C1CCCC1Cc1ccn(C2CCCCC2)n1. The fourth-order valence-electron chi connectivity index (χ4n) is 3.39. The van der Waals surface area contributed by atoms with Crippen molar-refractivity contribution in [2.45, 2.75) is 63.8 Å². The number of Topliss-reactive ketones (excluding diaryl/α,β-unsaturated/α-hetero) is 1. The second-order valence-corrected chi connectivity index (χ2v) is 5.84. The Morgan fingerprint density at radius 1 is 1.17 bits per heavy atom. The van der Waals surface area contributed by atoms with Gasteiger partial charge in [0.25, 0.3) is 0 Å². The van der Waals surface area contributed by atoms with Gasteiger partial charge in [-0.2, -0.15) is 5.10 Å². The Balaban J connectivity index is 1.63. The van der Waals surface area contributed by atoms with Gasteiger partial charge in [0.2, 0.25) is 0 Å². The molecule has 2 aliphatic carbocycles. The van der Waals surface area contributed by atoms with E-state index in [1.165, 1.54) is 32.1 Å². The lowest BCUT2D eigenvalue weighted by atomic mass is 9.96. The lowest BCUT2D eigenvalue weighted by Gasteiger charge is -2.21. The monoisotopic (exact) mass is 246 g/mol. The van der Waals surface area contributed by atoms with Crippen LogP contribution in [0.4, 0.5) is 0 Å². The van der Waals surface area contributed by atoms with Crippen LogP contribution >= 0.6 is 0 Å². The maximum atomic E-state index is 11.7. The molecule has 98 valence electrons. The average Bonchev–Trinajstić information content (AvgIpc) is 3.02. The Bertz CT molecular complexity index is 418. The van der Waals surface area contributed by atoms with E-state index in [1.807, 2.05) is 0 Å². The van der Waals surface area contributed by atoms with Crippen molar-refractivity contribution in [1.29, 1.82) is 0 Å². The Hall–Kier alpha value is -1.12. The van der Waals surface area contributed by atoms with Crippen LogP contribution < -0.4 is 0 Å². The highest BCUT2D eigenvalue weighted by Gasteiger charge is 2.25. The van der Waals surface area contributed by atoms with Crippen LogP contribution in [0.25, 0.3) is 0 Å². The van der Waals surface area contributed by atoms with Crippen LogP contribution in [0, 0.1) is 5.92 Å². The molecule has 0 bridgehead atoms. The minimum Gasteiger partial charge on any atom is -0.299 e. The zero-order chi connectivity index (χ0) is 12.4. The lowest BCUT2D eigenvalue weighted by Crippen LogP contribution is -2.14. The summed E-state index contributed by atoms with van der Waals surface area (Å²) in [6, 6.07) is 2.71. The summed E-state index contributed by atoms with van der Waals surface area (Å²) in [5.41, 5.74) is 1.11. The Kier molecular flexibility index (Phi) is 3.48. The third-order valence-electron chi connectivity index (χ3n) is 4.50. The topological polar surface area (TPSA) is 34.9 Å². The molecule has 1 aromatic heterocycles. The van der Waals surface area contributed by atoms with Gasteiger partial charge in [-0.15, -0.1) is 0 Å². The summed E-state index contributed by atoms with van der Waals surface area (Å²) in [5.74, 6) is 0.696. The summed E-state index contributed by atoms with van der Waals surface area (Å²) >= 11 is 0. The molecule has 3 heteroatoms. The molecule has 0 N–H and O–H groups in total. The van der Waals surface area contributed by atoms with E-state index < -0.39 is 0 Å².